The van der Waals surface area contributed by atoms with Gasteiger partial charge in [-0.3, -0.25) is 0 Å². The van der Waals surface area contributed by atoms with E-state index in [1.807, 2.05) is 12.1 Å². The molecule has 1 rings (SSSR count). The molecular formula is C14H23NO3S. The summed E-state index contributed by atoms with van der Waals surface area (Å²) in [6.45, 7) is 5.30. The fraction of sp³-hybridized carbons (Fsp3) is 0.571. The summed E-state index contributed by atoms with van der Waals surface area (Å²) in [5.74, 6) is 0.114. The van der Waals surface area contributed by atoms with Crippen LogP contribution < -0.4 is 4.90 Å². The van der Waals surface area contributed by atoms with Crippen molar-refractivity contribution in [3.63, 3.8) is 0 Å². The molecule has 0 spiro atoms. The van der Waals surface area contributed by atoms with Gasteiger partial charge in [-0.25, -0.2) is 8.42 Å². The van der Waals surface area contributed by atoms with Crippen LogP contribution in [-0.2, 0) is 9.84 Å². The Kier molecular flexibility index (Phi) is 6.31. The second-order valence-corrected chi connectivity index (χ2v) is 6.74. The van der Waals surface area contributed by atoms with E-state index in [1.165, 1.54) is 0 Å². The quantitative estimate of drug-likeness (QED) is 0.794. The molecule has 0 atom stereocenters. The highest BCUT2D eigenvalue weighted by atomic mass is 32.2. The van der Waals surface area contributed by atoms with Gasteiger partial charge in [0.2, 0.25) is 0 Å². The van der Waals surface area contributed by atoms with Crippen molar-refractivity contribution in [2.75, 3.05) is 30.3 Å². The van der Waals surface area contributed by atoms with E-state index in [0.717, 1.165) is 25.1 Å². The third-order valence-corrected chi connectivity index (χ3v) is 4.84. The molecule has 4 nitrogen and oxygen atoms in total. The zero-order chi connectivity index (χ0) is 14.3. The van der Waals surface area contributed by atoms with Crippen molar-refractivity contribution < 1.29 is 13.5 Å². The summed E-state index contributed by atoms with van der Waals surface area (Å²) in [6.07, 6.45) is 2.14. The van der Waals surface area contributed by atoms with Gasteiger partial charge in [-0.05, 0) is 30.7 Å². The maximum Gasteiger partial charge on any atom is 0.178 e. The molecule has 0 fully saturated rings. The van der Waals surface area contributed by atoms with Gasteiger partial charge in [0, 0.05) is 18.8 Å². The average Bonchev–Trinajstić information content (AvgIpc) is 2.43. The van der Waals surface area contributed by atoms with Crippen molar-refractivity contribution in [1.82, 2.24) is 0 Å². The van der Waals surface area contributed by atoms with E-state index in [2.05, 4.69) is 11.8 Å². The smallest absolute Gasteiger partial charge is 0.178 e. The third kappa shape index (κ3) is 4.51. The monoisotopic (exact) mass is 285 g/mol. The van der Waals surface area contributed by atoms with Crippen molar-refractivity contribution in [3.8, 4) is 0 Å². The first kappa shape index (κ1) is 16.0. The lowest BCUT2D eigenvalue weighted by Gasteiger charge is -2.24. The van der Waals surface area contributed by atoms with Gasteiger partial charge in [0.05, 0.1) is 17.3 Å². The Morgan fingerprint density at radius 1 is 1.11 bits per heavy atom. The predicted octanol–water partition coefficient (Wildman–Crippen LogP) is 2.08. The lowest BCUT2D eigenvalue weighted by molar-refractivity contribution is 0.301. The summed E-state index contributed by atoms with van der Waals surface area (Å²) in [7, 11) is -3.14. The molecule has 0 bridgehead atoms. The highest BCUT2D eigenvalue weighted by molar-refractivity contribution is 7.91. The van der Waals surface area contributed by atoms with Crippen molar-refractivity contribution in [2.24, 2.45) is 0 Å². The lowest BCUT2D eigenvalue weighted by atomic mass is 10.2. The van der Waals surface area contributed by atoms with Crippen LogP contribution in [0, 0.1) is 0 Å². The normalized spacial score (nSPS) is 11.5. The molecule has 0 heterocycles. The summed E-state index contributed by atoms with van der Waals surface area (Å²) >= 11 is 0. The lowest BCUT2D eigenvalue weighted by Crippen LogP contribution is -2.27. The van der Waals surface area contributed by atoms with Gasteiger partial charge in [0.25, 0.3) is 0 Å². The number of hydrogen-bond donors (Lipinski definition) is 1. The fourth-order valence-corrected chi connectivity index (χ4v) is 2.75. The van der Waals surface area contributed by atoms with Gasteiger partial charge >= 0.3 is 0 Å². The minimum atomic E-state index is -3.14. The number of anilines is 1. The van der Waals surface area contributed by atoms with E-state index in [-0.39, 0.29) is 12.4 Å². The summed E-state index contributed by atoms with van der Waals surface area (Å²) in [4.78, 5) is 2.43. The molecule has 108 valence electrons. The molecule has 0 aromatic heterocycles. The number of rotatable bonds is 8. The first-order chi connectivity index (χ1) is 9.05. The van der Waals surface area contributed by atoms with E-state index in [9.17, 15) is 8.42 Å². The molecule has 0 aliphatic heterocycles. The van der Waals surface area contributed by atoms with E-state index in [1.54, 1.807) is 19.1 Å². The minimum Gasteiger partial charge on any atom is -0.395 e. The Morgan fingerprint density at radius 2 is 1.74 bits per heavy atom. The van der Waals surface area contributed by atoms with Crippen molar-refractivity contribution in [2.45, 2.75) is 31.6 Å². The van der Waals surface area contributed by atoms with Gasteiger partial charge < -0.3 is 10.0 Å². The SMILES string of the molecule is CCCCN(CCO)c1ccc(S(=O)(=O)CC)cc1. The largest absolute Gasteiger partial charge is 0.395 e. The van der Waals surface area contributed by atoms with Crippen LogP contribution in [0.25, 0.3) is 0 Å². The van der Waals surface area contributed by atoms with Gasteiger partial charge in [-0.2, -0.15) is 0 Å². The van der Waals surface area contributed by atoms with Gasteiger partial charge in [-0.1, -0.05) is 20.3 Å². The van der Waals surface area contributed by atoms with Gasteiger partial charge in [-0.15, -0.1) is 0 Å². The van der Waals surface area contributed by atoms with Crippen LogP contribution in [0.4, 0.5) is 5.69 Å². The molecule has 1 aromatic rings. The topological polar surface area (TPSA) is 57.6 Å². The standard InChI is InChI=1S/C14H23NO3S/c1-3-5-10-15(11-12-16)13-6-8-14(9-7-13)19(17,18)4-2/h6-9,16H,3-5,10-12H2,1-2H3. The molecule has 19 heavy (non-hydrogen) atoms. The van der Waals surface area contributed by atoms with Crippen molar-refractivity contribution in [1.29, 1.82) is 0 Å². The maximum absolute atomic E-state index is 11.7. The number of benzene rings is 1. The Balaban J connectivity index is 2.88. The van der Waals surface area contributed by atoms with Crippen LogP contribution in [0.3, 0.4) is 0 Å². The predicted molar refractivity (Wildman–Crippen MR) is 78.4 cm³/mol. The molecule has 0 saturated carbocycles. The summed E-state index contributed by atoms with van der Waals surface area (Å²) in [5, 5.41) is 9.08. The molecule has 0 aliphatic rings. The Hall–Kier alpha value is -1.07. The Morgan fingerprint density at radius 3 is 2.21 bits per heavy atom. The number of sulfone groups is 1. The molecule has 0 saturated heterocycles. The molecule has 0 aliphatic carbocycles. The molecule has 0 unspecified atom stereocenters. The molecular weight excluding hydrogens is 262 g/mol. The number of hydrogen-bond acceptors (Lipinski definition) is 4. The Labute approximate surface area is 116 Å². The molecule has 5 heteroatoms. The van der Waals surface area contributed by atoms with E-state index >= 15 is 0 Å². The summed E-state index contributed by atoms with van der Waals surface area (Å²) < 4.78 is 23.5. The highest BCUT2D eigenvalue weighted by Gasteiger charge is 2.12. The molecule has 1 aromatic carbocycles. The highest BCUT2D eigenvalue weighted by Crippen LogP contribution is 2.19. The van der Waals surface area contributed by atoms with E-state index in [0.29, 0.717) is 11.4 Å². The summed E-state index contributed by atoms with van der Waals surface area (Å²) in [6, 6.07) is 6.91. The van der Waals surface area contributed by atoms with E-state index in [4.69, 9.17) is 5.11 Å². The summed E-state index contributed by atoms with van der Waals surface area (Å²) in [5.41, 5.74) is 0.956. The first-order valence-corrected chi connectivity index (χ1v) is 8.39. The third-order valence-electron chi connectivity index (χ3n) is 3.09. The zero-order valence-electron chi connectivity index (χ0n) is 11.7. The number of unbranched alkanes of at least 4 members (excludes halogenated alkanes) is 1. The van der Waals surface area contributed by atoms with Crippen LogP contribution >= 0.6 is 0 Å². The molecule has 0 amide bonds. The van der Waals surface area contributed by atoms with Crippen LogP contribution in [0.5, 0.6) is 0 Å². The number of nitrogens with zero attached hydrogens (tertiary/aromatic N) is 1. The zero-order valence-corrected chi connectivity index (χ0v) is 12.5. The Bertz CT molecular complexity index is 468. The van der Waals surface area contributed by atoms with Gasteiger partial charge in [0.15, 0.2) is 9.84 Å². The second kappa shape index (κ2) is 7.50. The maximum atomic E-state index is 11.7. The first-order valence-electron chi connectivity index (χ1n) is 6.73. The van der Waals surface area contributed by atoms with E-state index < -0.39 is 9.84 Å². The molecule has 0 radical (unpaired) electrons. The van der Waals surface area contributed by atoms with Crippen molar-refractivity contribution >= 4 is 15.5 Å². The van der Waals surface area contributed by atoms with Gasteiger partial charge in [0.1, 0.15) is 0 Å². The fourth-order valence-electron chi connectivity index (χ4n) is 1.87. The molecule has 1 N–H and O–H groups in total. The van der Waals surface area contributed by atoms with Crippen LogP contribution in [0.1, 0.15) is 26.7 Å². The van der Waals surface area contributed by atoms with Crippen LogP contribution in [-0.4, -0.2) is 39.0 Å². The number of aliphatic hydroxyl groups excluding tert-OH is 1. The number of aliphatic hydroxyl groups is 1. The van der Waals surface area contributed by atoms with Crippen LogP contribution in [0.2, 0.25) is 0 Å². The average molecular weight is 285 g/mol. The van der Waals surface area contributed by atoms with Crippen LogP contribution in [0.15, 0.2) is 29.2 Å². The minimum absolute atomic E-state index is 0.0960. The second-order valence-electron chi connectivity index (χ2n) is 4.46. The van der Waals surface area contributed by atoms with Crippen molar-refractivity contribution in [3.05, 3.63) is 24.3 Å².